The molecule has 2 N–H and O–H groups in total. The summed E-state index contributed by atoms with van der Waals surface area (Å²) in [5.74, 6) is 0.137. The number of aromatic nitrogens is 1. The van der Waals surface area contributed by atoms with Crippen LogP contribution < -0.4 is 10.2 Å². The molecule has 0 bridgehead atoms. The first-order chi connectivity index (χ1) is 17.6. The van der Waals surface area contributed by atoms with Crippen LogP contribution in [0.15, 0.2) is 65.7 Å². The summed E-state index contributed by atoms with van der Waals surface area (Å²) in [4.78, 5) is 21.8. The minimum atomic E-state index is -3.40. The van der Waals surface area contributed by atoms with Gasteiger partial charge in [-0.25, -0.2) is 17.8 Å². The summed E-state index contributed by atoms with van der Waals surface area (Å²) in [6.45, 7) is 2.63. The molecule has 2 aromatic carbocycles. The Morgan fingerprint density at radius 3 is 2.68 bits per heavy atom. The average molecular weight is 525 g/mol. The Labute approximate surface area is 215 Å². The van der Waals surface area contributed by atoms with E-state index in [9.17, 15) is 22.7 Å². The molecule has 194 valence electrons. The summed E-state index contributed by atoms with van der Waals surface area (Å²) in [5, 5.41) is 13.2. The van der Waals surface area contributed by atoms with Crippen LogP contribution in [0.3, 0.4) is 0 Å². The third-order valence-corrected chi connectivity index (χ3v) is 8.16. The van der Waals surface area contributed by atoms with Crippen LogP contribution in [0.2, 0.25) is 0 Å². The van der Waals surface area contributed by atoms with Crippen molar-refractivity contribution in [3.8, 4) is 0 Å². The van der Waals surface area contributed by atoms with Gasteiger partial charge in [-0.2, -0.15) is 0 Å². The lowest BCUT2D eigenvalue weighted by Crippen LogP contribution is -2.38. The SMILES string of the molecule is CC(O)N1Cc2cc(S(C)(=O)=O)ccc2[C@@H]1C(=O)Nc1ccc(N2CCCC2c2cccc(F)c2)nc1. The largest absolute Gasteiger partial charge is 0.379 e. The number of carbonyl (C=O) groups excluding carboxylic acids is 1. The van der Waals surface area contributed by atoms with Crippen LogP contribution in [0.5, 0.6) is 0 Å². The zero-order valence-corrected chi connectivity index (χ0v) is 21.5. The lowest BCUT2D eigenvalue weighted by atomic mass is 10.0. The monoisotopic (exact) mass is 524 g/mol. The van der Waals surface area contributed by atoms with E-state index in [0.717, 1.165) is 37.0 Å². The van der Waals surface area contributed by atoms with E-state index in [2.05, 4.69) is 15.2 Å². The number of fused-ring (bicyclic) bond motifs is 1. The summed E-state index contributed by atoms with van der Waals surface area (Å²) in [6.07, 6.45) is 3.68. The summed E-state index contributed by atoms with van der Waals surface area (Å²) in [7, 11) is -3.40. The molecule has 37 heavy (non-hydrogen) atoms. The van der Waals surface area contributed by atoms with Crippen LogP contribution in [-0.2, 0) is 21.2 Å². The van der Waals surface area contributed by atoms with Gasteiger partial charge < -0.3 is 15.3 Å². The molecular weight excluding hydrogens is 495 g/mol. The van der Waals surface area contributed by atoms with E-state index >= 15 is 0 Å². The molecule has 8 nitrogen and oxygen atoms in total. The van der Waals surface area contributed by atoms with Crippen LogP contribution in [-0.4, -0.2) is 48.3 Å². The molecule has 10 heteroatoms. The number of pyridine rings is 1. The van der Waals surface area contributed by atoms with Gasteiger partial charge in [0.1, 0.15) is 23.9 Å². The second-order valence-electron chi connectivity index (χ2n) is 9.64. The highest BCUT2D eigenvalue weighted by molar-refractivity contribution is 7.90. The maximum absolute atomic E-state index is 13.8. The van der Waals surface area contributed by atoms with Gasteiger partial charge in [-0.15, -0.1) is 0 Å². The van der Waals surface area contributed by atoms with Crippen LogP contribution in [0.1, 0.15) is 48.5 Å². The fourth-order valence-electron chi connectivity index (χ4n) is 5.26. The van der Waals surface area contributed by atoms with Crippen molar-refractivity contribution in [2.75, 3.05) is 23.0 Å². The van der Waals surface area contributed by atoms with Gasteiger partial charge in [-0.05, 0) is 72.9 Å². The zero-order valence-electron chi connectivity index (χ0n) is 20.6. The van der Waals surface area contributed by atoms with Crippen molar-refractivity contribution >= 4 is 27.2 Å². The van der Waals surface area contributed by atoms with Gasteiger partial charge in [0.05, 0.1) is 22.8 Å². The van der Waals surface area contributed by atoms with E-state index in [1.807, 2.05) is 12.1 Å². The number of anilines is 2. The van der Waals surface area contributed by atoms with Gasteiger partial charge in [-0.1, -0.05) is 18.2 Å². The normalized spacial score (nSPS) is 20.6. The van der Waals surface area contributed by atoms with E-state index in [4.69, 9.17) is 0 Å². The standard InChI is InChI=1S/C27H29FN4O4S/c1-17(33)32-16-19-14-22(37(2,35)36)9-10-23(19)26(32)27(34)30-21-8-11-25(29-15-21)31-12-4-7-24(31)18-5-3-6-20(28)13-18/h3,5-6,8-11,13-15,17,24,26,33H,4,7,12,16H2,1-2H3,(H,30,34)/t17?,24?,26-/m1/s1. The Balaban J connectivity index is 1.34. The smallest absolute Gasteiger partial charge is 0.246 e. The number of nitrogens with zero attached hydrogens (tertiary/aromatic N) is 3. The van der Waals surface area contributed by atoms with Gasteiger partial charge in [0, 0.05) is 19.3 Å². The highest BCUT2D eigenvalue weighted by Crippen LogP contribution is 2.38. The van der Waals surface area contributed by atoms with Gasteiger partial charge in [0.2, 0.25) is 5.91 Å². The fraction of sp³-hybridized carbons (Fsp3) is 0.333. The molecule has 0 saturated carbocycles. The number of hydrogen-bond acceptors (Lipinski definition) is 7. The van der Waals surface area contributed by atoms with E-state index in [0.29, 0.717) is 16.8 Å². The number of aliphatic hydroxyl groups excluding tert-OH is 1. The molecule has 3 heterocycles. The molecule has 2 aliphatic rings. The number of halogens is 1. The van der Waals surface area contributed by atoms with Crippen molar-refractivity contribution in [1.82, 2.24) is 9.88 Å². The summed E-state index contributed by atoms with van der Waals surface area (Å²) in [6, 6.07) is 14.2. The molecule has 2 aliphatic heterocycles. The summed E-state index contributed by atoms with van der Waals surface area (Å²) in [5.41, 5.74) is 2.76. The van der Waals surface area contributed by atoms with Gasteiger partial charge >= 0.3 is 0 Å². The highest BCUT2D eigenvalue weighted by atomic mass is 32.2. The number of carbonyl (C=O) groups is 1. The van der Waals surface area contributed by atoms with E-state index in [-0.39, 0.29) is 29.2 Å². The Morgan fingerprint density at radius 2 is 2.00 bits per heavy atom. The molecule has 2 unspecified atom stereocenters. The van der Waals surface area contributed by atoms with Crippen molar-refractivity contribution in [2.24, 2.45) is 0 Å². The van der Waals surface area contributed by atoms with Crippen LogP contribution in [0.25, 0.3) is 0 Å². The summed E-state index contributed by atoms with van der Waals surface area (Å²) < 4.78 is 37.7. The first-order valence-corrected chi connectivity index (χ1v) is 14.1. The minimum absolute atomic E-state index is 0.0371. The molecule has 0 aliphatic carbocycles. The van der Waals surface area contributed by atoms with Gasteiger partial charge in [0.15, 0.2) is 9.84 Å². The quantitative estimate of drug-likeness (QED) is 0.506. The second kappa shape index (κ2) is 9.85. The summed E-state index contributed by atoms with van der Waals surface area (Å²) >= 11 is 0. The first kappa shape index (κ1) is 25.3. The first-order valence-electron chi connectivity index (χ1n) is 12.2. The fourth-order valence-corrected chi connectivity index (χ4v) is 5.94. The molecule has 1 aromatic heterocycles. The molecule has 0 radical (unpaired) electrons. The van der Waals surface area contributed by atoms with E-state index in [1.165, 1.54) is 12.1 Å². The van der Waals surface area contributed by atoms with Crippen molar-refractivity contribution < 1.29 is 22.7 Å². The number of aliphatic hydroxyl groups is 1. The number of hydrogen-bond donors (Lipinski definition) is 2. The average Bonchev–Trinajstić information content (AvgIpc) is 3.49. The second-order valence-corrected chi connectivity index (χ2v) is 11.7. The van der Waals surface area contributed by atoms with Gasteiger partial charge in [-0.3, -0.25) is 9.69 Å². The van der Waals surface area contributed by atoms with Crippen molar-refractivity contribution in [3.05, 3.63) is 83.3 Å². The topological polar surface area (TPSA) is 103 Å². The number of amides is 1. The Kier molecular flexibility index (Phi) is 6.74. The molecule has 1 fully saturated rings. The molecule has 1 saturated heterocycles. The molecule has 1 amide bonds. The molecule has 0 spiro atoms. The Hall–Kier alpha value is -3.34. The molecule has 3 aromatic rings. The van der Waals surface area contributed by atoms with E-state index < -0.39 is 22.1 Å². The third kappa shape index (κ3) is 5.09. The predicted molar refractivity (Wildman–Crippen MR) is 138 cm³/mol. The van der Waals surface area contributed by atoms with Crippen molar-refractivity contribution in [3.63, 3.8) is 0 Å². The molecular formula is C27H29FN4O4S. The third-order valence-electron chi connectivity index (χ3n) is 7.05. The van der Waals surface area contributed by atoms with Gasteiger partial charge in [0.25, 0.3) is 0 Å². The lowest BCUT2D eigenvalue weighted by Gasteiger charge is -2.27. The lowest BCUT2D eigenvalue weighted by molar-refractivity contribution is -0.125. The predicted octanol–water partition coefficient (Wildman–Crippen LogP) is 3.80. The Bertz CT molecular complexity index is 1430. The van der Waals surface area contributed by atoms with Crippen LogP contribution in [0.4, 0.5) is 15.9 Å². The van der Waals surface area contributed by atoms with Crippen LogP contribution in [0, 0.1) is 5.82 Å². The molecule has 5 rings (SSSR count). The number of sulfone groups is 1. The maximum atomic E-state index is 13.8. The number of nitrogens with one attached hydrogen (secondary N) is 1. The zero-order chi connectivity index (χ0) is 26.3. The minimum Gasteiger partial charge on any atom is -0.379 e. The van der Waals surface area contributed by atoms with Crippen LogP contribution >= 0.6 is 0 Å². The maximum Gasteiger partial charge on any atom is 0.246 e. The number of benzene rings is 2. The van der Waals surface area contributed by atoms with Crippen molar-refractivity contribution in [1.29, 1.82) is 0 Å². The number of rotatable bonds is 6. The van der Waals surface area contributed by atoms with E-state index in [1.54, 1.807) is 48.4 Å². The van der Waals surface area contributed by atoms with Crippen molar-refractivity contribution in [2.45, 2.75) is 49.5 Å². The Morgan fingerprint density at radius 1 is 1.19 bits per heavy atom. The molecule has 3 atom stereocenters. The highest BCUT2D eigenvalue weighted by Gasteiger charge is 2.38.